The highest BCUT2D eigenvalue weighted by Gasteiger charge is 2.17. The number of benzene rings is 1. The van der Waals surface area contributed by atoms with E-state index in [1.165, 1.54) is 4.90 Å². The molecule has 0 aliphatic carbocycles. The number of hydrogen-bond acceptors (Lipinski definition) is 4. The minimum Gasteiger partial charge on any atom is -0.484 e. The maximum absolute atomic E-state index is 12.4. The van der Waals surface area contributed by atoms with Crippen LogP contribution in [0.3, 0.4) is 0 Å². The maximum Gasteiger partial charge on any atom is 0.317 e. The first kappa shape index (κ1) is 20.2. The number of carbonyl (C=O) groups excluding carboxylic acids is 2. The second-order valence-corrected chi connectivity index (χ2v) is 6.42. The van der Waals surface area contributed by atoms with Gasteiger partial charge in [0.2, 0.25) is 0 Å². The Morgan fingerprint density at radius 3 is 2.59 bits per heavy atom. The third kappa shape index (κ3) is 5.99. The van der Waals surface area contributed by atoms with Crippen molar-refractivity contribution in [2.75, 3.05) is 27.7 Å². The van der Waals surface area contributed by atoms with E-state index in [9.17, 15) is 9.59 Å². The molecule has 7 heteroatoms. The van der Waals surface area contributed by atoms with Gasteiger partial charge in [0.05, 0.1) is 11.7 Å². The number of nitrogens with one attached hydrogen (secondary N) is 1. The molecule has 1 N–H and O–H groups in total. The molecule has 27 heavy (non-hydrogen) atoms. The van der Waals surface area contributed by atoms with Crippen LogP contribution in [0.1, 0.15) is 24.2 Å². The van der Waals surface area contributed by atoms with Crippen molar-refractivity contribution < 1.29 is 14.3 Å². The molecular weight excluding hydrogens is 344 g/mol. The number of urea groups is 1. The van der Waals surface area contributed by atoms with Gasteiger partial charge in [0.15, 0.2) is 6.61 Å². The van der Waals surface area contributed by atoms with Crippen LogP contribution in [0.25, 0.3) is 0 Å². The molecule has 1 atom stereocenters. The van der Waals surface area contributed by atoms with Crippen LogP contribution in [0.15, 0.2) is 48.7 Å². The molecule has 1 heterocycles. The number of likely N-dealkylation sites (N-methyl/N-ethyl adjacent to an activating group) is 1. The highest BCUT2D eigenvalue weighted by molar-refractivity contribution is 5.77. The molecule has 2 aromatic rings. The van der Waals surface area contributed by atoms with E-state index in [0.29, 0.717) is 12.3 Å². The lowest BCUT2D eigenvalue weighted by Gasteiger charge is -2.24. The zero-order chi connectivity index (χ0) is 19.8. The van der Waals surface area contributed by atoms with Crippen LogP contribution in [0.2, 0.25) is 0 Å². The molecule has 0 saturated carbocycles. The minimum atomic E-state index is -0.192. The lowest BCUT2D eigenvalue weighted by Crippen LogP contribution is -2.38. The lowest BCUT2D eigenvalue weighted by molar-refractivity contribution is -0.130. The minimum absolute atomic E-state index is 0.0207. The summed E-state index contributed by atoms with van der Waals surface area (Å²) in [5.41, 5.74) is 1.72. The van der Waals surface area contributed by atoms with E-state index in [2.05, 4.69) is 10.3 Å². The van der Waals surface area contributed by atoms with E-state index in [-0.39, 0.29) is 24.6 Å². The summed E-state index contributed by atoms with van der Waals surface area (Å²) in [5, 5.41) is 2.89. The van der Waals surface area contributed by atoms with Gasteiger partial charge in [-0.3, -0.25) is 9.78 Å². The van der Waals surface area contributed by atoms with Crippen LogP contribution in [0.5, 0.6) is 5.75 Å². The van der Waals surface area contributed by atoms with Crippen molar-refractivity contribution in [3.05, 3.63) is 59.9 Å². The summed E-state index contributed by atoms with van der Waals surface area (Å²) in [5.74, 6) is 0.478. The first-order valence-electron chi connectivity index (χ1n) is 8.72. The summed E-state index contributed by atoms with van der Waals surface area (Å²) < 4.78 is 5.50. The van der Waals surface area contributed by atoms with Gasteiger partial charge in [-0.2, -0.15) is 0 Å². The third-order valence-corrected chi connectivity index (χ3v) is 4.22. The van der Waals surface area contributed by atoms with Crippen LogP contribution in [-0.2, 0) is 11.3 Å². The molecule has 0 radical (unpaired) electrons. The monoisotopic (exact) mass is 370 g/mol. The summed E-state index contributed by atoms with van der Waals surface area (Å²) >= 11 is 0. The second-order valence-electron chi connectivity index (χ2n) is 6.42. The number of amides is 3. The van der Waals surface area contributed by atoms with Gasteiger partial charge in [0, 0.05) is 33.9 Å². The Bertz CT molecular complexity index is 765. The van der Waals surface area contributed by atoms with Crippen molar-refractivity contribution in [1.29, 1.82) is 0 Å². The van der Waals surface area contributed by atoms with E-state index in [0.717, 1.165) is 11.3 Å². The number of carbonyl (C=O) groups is 2. The molecule has 3 amide bonds. The molecular formula is C20H26N4O3. The summed E-state index contributed by atoms with van der Waals surface area (Å²) in [6.07, 6.45) is 1.71. The van der Waals surface area contributed by atoms with Crippen LogP contribution in [0, 0.1) is 0 Å². The average Bonchev–Trinajstić information content (AvgIpc) is 2.69. The SMILES string of the molecule is CC(c1ccccn1)N(C)C(=O)NCc1cccc(OCC(=O)N(C)C)c1. The Labute approximate surface area is 159 Å². The quantitative estimate of drug-likeness (QED) is 0.812. The normalized spacial score (nSPS) is 11.4. The van der Waals surface area contributed by atoms with E-state index in [1.807, 2.05) is 43.3 Å². The number of rotatable bonds is 7. The van der Waals surface area contributed by atoms with E-state index in [1.54, 1.807) is 38.3 Å². The number of pyridine rings is 1. The second kappa shape index (κ2) is 9.56. The Morgan fingerprint density at radius 1 is 1.15 bits per heavy atom. The number of ether oxygens (including phenoxy) is 1. The smallest absolute Gasteiger partial charge is 0.317 e. The van der Waals surface area contributed by atoms with Gasteiger partial charge in [-0.05, 0) is 36.8 Å². The molecule has 0 fully saturated rings. The average molecular weight is 370 g/mol. The molecule has 0 aliphatic rings. The molecule has 0 bridgehead atoms. The van der Waals surface area contributed by atoms with Gasteiger partial charge in [0.25, 0.3) is 5.91 Å². The van der Waals surface area contributed by atoms with Crippen LogP contribution in [-0.4, -0.2) is 54.5 Å². The van der Waals surface area contributed by atoms with Crippen molar-refractivity contribution in [1.82, 2.24) is 20.1 Å². The van der Waals surface area contributed by atoms with Crippen molar-refractivity contribution in [2.24, 2.45) is 0 Å². The zero-order valence-electron chi connectivity index (χ0n) is 16.2. The molecule has 144 valence electrons. The first-order valence-corrected chi connectivity index (χ1v) is 8.72. The molecule has 0 saturated heterocycles. The summed E-state index contributed by atoms with van der Waals surface area (Å²) in [7, 11) is 5.10. The van der Waals surface area contributed by atoms with Crippen molar-refractivity contribution in [3.8, 4) is 5.75 Å². The van der Waals surface area contributed by atoms with Crippen molar-refractivity contribution in [2.45, 2.75) is 19.5 Å². The fourth-order valence-electron chi connectivity index (χ4n) is 2.32. The van der Waals surface area contributed by atoms with E-state index >= 15 is 0 Å². The van der Waals surface area contributed by atoms with Gasteiger partial charge in [-0.25, -0.2) is 4.79 Å². The van der Waals surface area contributed by atoms with E-state index in [4.69, 9.17) is 4.74 Å². The Balaban J connectivity index is 1.89. The molecule has 1 aromatic carbocycles. The molecule has 1 aromatic heterocycles. The van der Waals surface area contributed by atoms with Gasteiger partial charge in [0.1, 0.15) is 5.75 Å². The standard InChI is InChI=1S/C20H26N4O3/c1-15(18-10-5-6-11-21-18)24(4)20(26)22-13-16-8-7-9-17(12-16)27-14-19(25)23(2)3/h5-12,15H,13-14H2,1-4H3,(H,22,26). The Morgan fingerprint density at radius 2 is 1.93 bits per heavy atom. The molecule has 0 spiro atoms. The molecule has 0 aliphatic heterocycles. The van der Waals surface area contributed by atoms with Crippen LogP contribution in [0.4, 0.5) is 4.79 Å². The summed E-state index contributed by atoms with van der Waals surface area (Å²) in [4.78, 5) is 31.4. The number of nitrogens with zero attached hydrogens (tertiary/aromatic N) is 3. The first-order chi connectivity index (χ1) is 12.9. The number of hydrogen-bond donors (Lipinski definition) is 1. The summed E-state index contributed by atoms with van der Waals surface area (Å²) in [6, 6.07) is 12.6. The third-order valence-electron chi connectivity index (χ3n) is 4.22. The largest absolute Gasteiger partial charge is 0.484 e. The predicted octanol–water partition coefficient (Wildman–Crippen LogP) is 2.45. The van der Waals surface area contributed by atoms with Gasteiger partial charge >= 0.3 is 6.03 Å². The topological polar surface area (TPSA) is 74.8 Å². The molecule has 2 rings (SSSR count). The van der Waals surface area contributed by atoms with Gasteiger partial charge in [-0.1, -0.05) is 18.2 Å². The molecule has 7 nitrogen and oxygen atoms in total. The van der Waals surface area contributed by atoms with Gasteiger partial charge in [-0.15, -0.1) is 0 Å². The fourth-order valence-corrected chi connectivity index (χ4v) is 2.32. The van der Waals surface area contributed by atoms with Crippen LogP contribution >= 0.6 is 0 Å². The lowest BCUT2D eigenvalue weighted by atomic mass is 10.2. The van der Waals surface area contributed by atoms with E-state index < -0.39 is 0 Å². The molecule has 1 unspecified atom stereocenters. The zero-order valence-corrected chi connectivity index (χ0v) is 16.2. The van der Waals surface area contributed by atoms with Crippen LogP contribution < -0.4 is 10.1 Å². The number of aromatic nitrogens is 1. The Kier molecular flexibility index (Phi) is 7.16. The highest BCUT2D eigenvalue weighted by Crippen LogP contribution is 2.16. The Hall–Kier alpha value is -3.09. The highest BCUT2D eigenvalue weighted by atomic mass is 16.5. The van der Waals surface area contributed by atoms with Gasteiger partial charge < -0.3 is 19.9 Å². The van der Waals surface area contributed by atoms with Crippen molar-refractivity contribution >= 4 is 11.9 Å². The van der Waals surface area contributed by atoms with Crippen molar-refractivity contribution in [3.63, 3.8) is 0 Å². The fraction of sp³-hybridized carbons (Fsp3) is 0.350. The maximum atomic E-state index is 12.4. The predicted molar refractivity (Wildman–Crippen MR) is 103 cm³/mol. The summed E-state index contributed by atoms with van der Waals surface area (Å²) in [6.45, 7) is 2.27.